The number of piperidine rings is 9. The summed E-state index contributed by atoms with van der Waals surface area (Å²) >= 11 is 0. The summed E-state index contributed by atoms with van der Waals surface area (Å²) in [6.07, 6.45) is 44.1. The Morgan fingerprint density at radius 2 is 0.623 bits per heavy atom. The molecule has 13 nitrogen and oxygen atoms in total. The van der Waals surface area contributed by atoms with Gasteiger partial charge >= 0.3 is 0 Å². The molecule has 12 aliphatic heterocycles. The lowest BCUT2D eigenvalue weighted by atomic mass is 9.62. The SMILES string of the molecule is CC(C)(C)C1(C)CCN(C2CCOCC2)CC1.CC(C)(C)C1(C)CCN(CC2CCC2)CC1.CC(C)(C)C1CCN(C(=O)C2CC2)CC1.CC(C)(C)C1CCN(C2COC2)CC1.CC(C)(F)CN1CCC(C(C)(C)C)CC1.CC1(CN2CCC(C)(C(C)(C)C)CC2)CCC1.CC1(F)CCC(N2CCC(C)(C(C)(C)C)CC2)CC1.CC1CC(N2CCC(C)(C(C)(C)C)CC2)C1.CN1CC(CN2CCC(C)(C(C)(C)C)CC2)C1. The molecule has 0 aromatic rings. The van der Waals surface area contributed by atoms with Crippen LogP contribution in [0.2, 0.25) is 0 Å². The van der Waals surface area contributed by atoms with Crippen molar-refractivity contribution in [2.24, 2.45) is 128 Å². The monoisotopic (exact) mass is 2050 g/mol. The minimum Gasteiger partial charge on any atom is -0.381 e. The molecule has 0 atom stereocenters. The van der Waals surface area contributed by atoms with Crippen molar-refractivity contribution in [1.82, 2.24) is 49.0 Å². The Labute approximate surface area is 907 Å². The van der Waals surface area contributed by atoms with Gasteiger partial charge in [0.2, 0.25) is 5.91 Å². The van der Waals surface area contributed by atoms with Crippen molar-refractivity contribution in [2.45, 2.75) is 517 Å². The van der Waals surface area contributed by atoms with Gasteiger partial charge in [0.25, 0.3) is 0 Å². The zero-order chi connectivity index (χ0) is 109. The van der Waals surface area contributed by atoms with Gasteiger partial charge in [-0.1, -0.05) is 255 Å². The normalized spacial score (nSPS) is 29.1. The Balaban J connectivity index is 0.000000183. The molecule has 0 aromatic carbocycles. The van der Waals surface area contributed by atoms with Crippen LogP contribution in [0.15, 0.2) is 0 Å². The van der Waals surface area contributed by atoms with Gasteiger partial charge in [0.15, 0.2) is 0 Å². The lowest BCUT2D eigenvalue weighted by Gasteiger charge is -2.51. The number of likely N-dealkylation sites (tertiary alicyclic amines) is 10. The summed E-state index contributed by atoms with van der Waals surface area (Å²) < 4.78 is 38.0. The summed E-state index contributed by atoms with van der Waals surface area (Å²) in [6, 6.07) is 3.12. The molecule has 5 aliphatic carbocycles. The van der Waals surface area contributed by atoms with E-state index in [1.807, 2.05) is 0 Å². The minimum atomic E-state index is -1.05. The third kappa shape index (κ3) is 38.3. The number of nitrogens with zero attached hydrogens (tertiary/aromatic N) is 10. The summed E-state index contributed by atoms with van der Waals surface area (Å²) in [6.45, 7) is 123. The average Bonchev–Trinajstić information content (AvgIpc) is 0.954. The van der Waals surface area contributed by atoms with E-state index in [1.165, 1.54) is 304 Å². The first-order valence-electron chi connectivity index (χ1n) is 62.4. The predicted molar refractivity (Wildman–Crippen MR) is 627 cm³/mol. The highest BCUT2D eigenvalue weighted by Gasteiger charge is 2.50. The molecule has 17 aliphatic rings. The highest BCUT2D eigenvalue weighted by molar-refractivity contribution is 5.81. The van der Waals surface area contributed by atoms with Gasteiger partial charge < -0.3 is 53.6 Å². The quantitative estimate of drug-likeness (QED) is 0.176. The first-order valence-corrected chi connectivity index (χ1v) is 62.4. The molecule has 0 spiro atoms. The number of hydrogen-bond acceptors (Lipinski definition) is 12. The smallest absolute Gasteiger partial charge is 0.225 e. The zero-order valence-corrected chi connectivity index (χ0v) is 105. The highest BCUT2D eigenvalue weighted by atomic mass is 19.1. The van der Waals surface area contributed by atoms with Crippen molar-refractivity contribution < 1.29 is 23.0 Å². The molecule has 0 aromatic heterocycles. The number of carbonyl (C=O) groups excluding carboxylic acids is 1. The number of carbonyl (C=O) groups is 1. The number of ether oxygens (including phenoxy) is 2. The fourth-order valence-corrected chi connectivity index (χ4v) is 27.5. The Morgan fingerprint density at radius 1 is 0.315 bits per heavy atom. The van der Waals surface area contributed by atoms with Crippen LogP contribution in [-0.4, -0.2) is 281 Å². The predicted octanol–water partition coefficient (Wildman–Crippen LogP) is 31.3. The largest absolute Gasteiger partial charge is 0.381 e. The second-order valence-corrected chi connectivity index (χ2v) is 65.4. The van der Waals surface area contributed by atoms with E-state index in [9.17, 15) is 13.6 Å². The van der Waals surface area contributed by atoms with E-state index in [-0.39, 0.29) is 0 Å². The van der Waals surface area contributed by atoms with E-state index in [4.69, 9.17) is 9.47 Å². The lowest BCUT2D eigenvalue weighted by molar-refractivity contribution is -0.134. The molecule has 0 bridgehead atoms. The molecule has 0 unspecified atom stereocenters. The zero-order valence-electron chi connectivity index (χ0n) is 105. The fourth-order valence-electron chi connectivity index (χ4n) is 27.5. The van der Waals surface area contributed by atoms with E-state index in [1.54, 1.807) is 20.8 Å². The van der Waals surface area contributed by atoms with Crippen LogP contribution in [-0.2, 0) is 14.3 Å². The lowest BCUT2D eigenvalue weighted by Crippen LogP contribution is -2.52. The van der Waals surface area contributed by atoms with Crippen molar-refractivity contribution in [1.29, 1.82) is 0 Å². The van der Waals surface area contributed by atoms with E-state index in [2.05, 4.69) is 298 Å². The average molecular weight is 2050 g/mol. The molecular formula is C131H252F2N10O3. The molecule has 0 radical (unpaired) electrons. The summed E-state index contributed by atoms with van der Waals surface area (Å²) in [7, 11) is 2.23. The molecule has 0 N–H and O–H groups in total. The molecule has 858 valence electrons. The van der Waals surface area contributed by atoms with Crippen LogP contribution < -0.4 is 0 Å². The van der Waals surface area contributed by atoms with E-state index < -0.39 is 11.3 Å². The van der Waals surface area contributed by atoms with Crippen LogP contribution in [0.3, 0.4) is 0 Å². The fraction of sp³-hybridized carbons (Fsp3) is 0.992. The highest BCUT2D eigenvalue weighted by Crippen LogP contribution is 2.55. The molecule has 5 saturated carbocycles. The maximum atomic E-state index is 13.9. The van der Waals surface area contributed by atoms with Crippen molar-refractivity contribution in [3.8, 4) is 0 Å². The molecule has 15 heteroatoms. The van der Waals surface area contributed by atoms with Crippen molar-refractivity contribution in [3.05, 3.63) is 0 Å². The summed E-state index contributed by atoms with van der Waals surface area (Å²) in [5, 5.41) is 0. The van der Waals surface area contributed by atoms with Crippen LogP contribution >= 0.6 is 0 Å². The van der Waals surface area contributed by atoms with Crippen molar-refractivity contribution >= 4 is 5.91 Å². The third-order valence-corrected chi connectivity index (χ3v) is 45.4. The van der Waals surface area contributed by atoms with Gasteiger partial charge in [-0.3, -0.25) is 9.69 Å². The molecule has 146 heavy (non-hydrogen) atoms. The number of alkyl halides is 2. The van der Waals surface area contributed by atoms with Crippen LogP contribution in [0.25, 0.3) is 0 Å². The molecule has 12 heterocycles. The van der Waals surface area contributed by atoms with Gasteiger partial charge in [-0.2, -0.15) is 0 Å². The maximum Gasteiger partial charge on any atom is 0.225 e. The van der Waals surface area contributed by atoms with Crippen molar-refractivity contribution in [3.63, 3.8) is 0 Å². The Hall–Kier alpha value is -1.11. The molecule has 1 amide bonds. The van der Waals surface area contributed by atoms with Crippen molar-refractivity contribution in [2.75, 3.05) is 191 Å². The van der Waals surface area contributed by atoms with E-state index in [0.717, 1.165) is 145 Å². The van der Waals surface area contributed by atoms with Crippen LogP contribution in [0.1, 0.15) is 481 Å². The Bertz CT molecular complexity index is 3670. The van der Waals surface area contributed by atoms with Gasteiger partial charge in [0, 0.05) is 89.6 Å². The van der Waals surface area contributed by atoms with E-state index in [0.29, 0.717) is 111 Å². The van der Waals surface area contributed by atoms with Gasteiger partial charge in [-0.25, -0.2) is 8.78 Å². The van der Waals surface area contributed by atoms with Crippen LogP contribution in [0.5, 0.6) is 0 Å². The first-order chi connectivity index (χ1) is 67.1. The standard InChI is InChI=1S/C17H32FN.C16H31N.C15H30N2.C15H29NO.2C15H29N.C13H26FN.C13H23NO.C12H23NO/c1-15(2,3)16(4)10-12-19(13-11-16)14-6-8-17(5,18)9-7-14;1-14(2,3)16(5)9-11-17(12-10-16)13-15(4)7-6-8-15;1-14(2,3)15(4)6-8-17(9-7-15)12-13-10-16(5)11-13;1-14(2,3)15(4)7-9-16(10-8-15)13-5-11-17-12-6-13;1-12-10-13(11-12)16-8-6-15(5,7-9-16)14(2,3)4;1-14(2,3)15(4)8-10-16(11-9-15)12-13-6-5-7-13;1-12(2,3)11-6-8-15(9-7-11)10-13(4,5)14;1-13(2,3)11-6-8-14(9-7-11)12(15)10-4-5-10;1-12(2,3)10-4-6-13(7-5-10)11-8-14-9-11/h14H,6-13H2,1-5H3;6-13H2,1-5H3;13H,6-12H2,1-5H3;13H,5-12H2,1-4H3;12-13H,6-11H2,1-5H3;13H,5-12H2,1-4H3;11H,6-10H2,1-5H3;10-11H,4-9H2,1-3H3;10-11H,4-9H2,1-3H3. The van der Waals surface area contributed by atoms with Gasteiger partial charge in [-0.05, 0) is 460 Å². The molecule has 17 fully saturated rings. The molecule has 17 rings (SSSR count). The molecular weight excluding hydrogens is 1800 g/mol. The second kappa shape index (κ2) is 52.4. The summed E-state index contributed by atoms with van der Waals surface area (Å²) in [4.78, 5) is 37.5. The van der Waals surface area contributed by atoms with Crippen LogP contribution in [0.4, 0.5) is 8.78 Å². The summed E-state index contributed by atoms with van der Waals surface area (Å²) in [5.74, 6) is 6.31. The Morgan fingerprint density at radius 3 is 0.904 bits per heavy atom. The van der Waals surface area contributed by atoms with Gasteiger partial charge in [0.05, 0.1) is 19.3 Å². The number of halogens is 2. The van der Waals surface area contributed by atoms with Crippen LogP contribution in [0, 0.1) is 128 Å². The number of amides is 1. The third-order valence-electron chi connectivity index (χ3n) is 45.4. The molecule has 12 saturated heterocycles. The first kappa shape index (κ1) is 128. The Kier molecular flexibility index (Phi) is 46.0. The minimum absolute atomic E-state index is 0.392. The second-order valence-electron chi connectivity index (χ2n) is 65.4. The van der Waals surface area contributed by atoms with Gasteiger partial charge in [0.1, 0.15) is 11.3 Å². The van der Waals surface area contributed by atoms with Gasteiger partial charge in [-0.15, -0.1) is 0 Å². The number of hydrogen-bond donors (Lipinski definition) is 0. The number of rotatable bonds is 13. The maximum absolute atomic E-state index is 13.9. The topological polar surface area (TPSA) is 67.9 Å². The summed E-state index contributed by atoms with van der Waals surface area (Å²) in [5.41, 5.74) is 5.91. The van der Waals surface area contributed by atoms with E-state index >= 15 is 0 Å².